The first-order chi connectivity index (χ1) is 8.78. The summed E-state index contributed by atoms with van der Waals surface area (Å²) in [4.78, 5) is 3.40. The topological polar surface area (TPSA) is 53.6 Å². The molecule has 0 atom stereocenters. The average Bonchev–Trinajstić information content (AvgIpc) is 2.96. The van der Waals surface area contributed by atoms with E-state index in [1.54, 1.807) is 11.3 Å². The van der Waals surface area contributed by atoms with Gasteiger partial charge in [-0.3, -0.25) is 0 Å². The molecule has 3 aromatic rings. The quantitative estimate of drug-likeness (QED) is 0.759. The van der Waals surface area contributed by atoms with Crippen molar-refractivity contribution in [1.82, 2.24) is 20.5 Å². The molecule has 2 heterocycles. The van der Waals surface area contributed by atoms with Crippen LogP contribution in [0.4, 0.5) is 0 Å². The van der Waals surface area contributed by atoms with Gasteiger partial charge in [0.2, 0.25) is 0 Å². The molecule has 0 amide bonds. The number of hydrogen-bond acceptors (Lipinski definition) is 4. The van der Waals surface area contributed by atoms with Gasteiger partial charge in [-0.05, 0) is 31.7 Å². The maximum Gasteiger partial charge on any atom is 0.164 e. The first kappa shape index (κ1) is 11.4. The molecule has 0 bridgehead atoms. The number of hydrogen-bond donors (Lipinski definition) is 2. The lowest BCUT2D eigenvalue weighted by Gasteiger charge is -1.92. The predicted molar refractivity (Wildman–Crippen MR) is 74.7 cm³/mol. The van der Waals surface area contributed by atoms with Crippen LogP contribution in [0, 0.1) is 6.92 Å². The first-order valence-electron chi connectivity index (χ1n) is 5.83. The maximum absolute atomic E-state index is 4.23. The van der Waals surface area contributed by atoms with Crippen LogP contribution in [0.1, 0.15) is 10.6 Å². The van der Waals surface area contributed by atoms with Crippen LogP contribution < -0.4 is 5.32 Å². The Morgan fingerprint density at radius 2 is 2.22 bits per heavy atom. The highest BCUT2D eigenvalue weighted by Crippen LogP contribution is 2.28. The van der Waals surface area contributed by atoms with Crippen LogP contribution in [-0.4, -0.2) is 22.2 Å². The number of aryl methyl sites for hydroxylation is 1. The predicted octanol–water partition coefficient (Wildman–Crippen LogP) is 2.71. The molecule has 5 heteroatoms. The minimum Gasteiger partial charge on any atom is -0.353 e. The molecule has 0 saturated carbocycles. The molecule has 0 saturated heterocycles. The highest BCUT2D eigenvalue weighted by atomic mass is 32.1. The zero-order valence-corrected chi connectivity index (χ0v) is 11.1. The van der Waals surface area contributed by atoms with Gasteiger partial charge in [0.15, 0.2) is 5.01 Å². The Balaban J connectivity index is 2.05. The number of aromatic nitrogens is 3. The van der Waals surface area contributed by atoms with Gasteiger partial charge in [0.05, 0.1) is 5.69 Å². The van der Waals surface area contributed by atoms with E-state index in [9.17, 15) is 0 Å². The van der Waals surface area contributed by atoms with Crippen LogP contribution in [0.5, 0.6) is 0 Å². The van der Waals surface area contributed by atoms with E-state index in [4.69, 9.17) is 0 Å². The molecular formula is C13H14N4S. The van der Waals surface area contributed by atoms with E-state index in [0.29, 0.717) is 0 Å². The van der Waals surface area contributed by atoms with E-state index in [1.807, 2.05) is 7.05 Å². The zero-order valence-electron chi connectivity index (χ0n) is 10.3. The fraction of sp³-hybridized carbons (Fsp3) is 0.231. The molecule has 0 unspecified atom stereocenters. The molecule has 92 valence electrons. The van der Waals surface area contributed by atoms with Crippen LogP contribution in [0.3, 0.4) is 0 Å². The summed E-state index contributed by atoms with van der Waals surface area (Å²) in [7, 11) is 1.91. The van der Waals surface area contributed by atoms with Crippen molar-refractivity contribution in [2.24, 2.45) is 0 Å². The standard InChI is InChI=1S/C13H14N4S/c1-8-4-3-5-10-9(8)6-11(15-10)13-17-16-12(18-13)7-14-2/h3-6,14-15H,7H2,1-2H3. The Morgan fingerprint density at radius 3 is 3.00 bits per heavy atom. The third kappa shape index (κ3) is 1.91. The second kappa shape index (κ2) is 4.51. The number of nitrogens with zero attached hydrogens (tertiary/aromatic N) is 2. The average molecular weight is 258 g/mol. The highest BCUT2D eigenvalue weighted by molar-refractivity contribution is 7.14. The Bertz CT molecular complexity index is 683. The SMILES string of the molecule is CNCc1nnc(-c2cc3c(C)cccc3[nH]2)s1. The molecule has 2 aromatic heterocycles. The summed E-state index contributed by atoms with van der Waals surface area (Å²) in [6, 6.07) is 8.41. The van der Waals surface area contributed by atoms with Crippen LogP contribution in [0.25, 0.3) is 21.6 Å². The third-order valence-electron chi connectivity index (χ3n) is 2.91. The normalized spacial score (nSPS) is 11.2. The molecular weight excluding hydrogens is 244 g/mol. The lowest BCUT2D eigenvalue weighted by atomic mass is 10.1. The molecule has 0 radical (unpaired) electrons. The second-order valence-corrected chi connectivity index (χ2v) is 5.31. The monoisotopic (exact) mass is 258 g/mol. The molecule has 0 spiro atoms. The Labute approximate surface area is 109 Å². The zero-order chi connectivity index (χ0) is 12.5. The van der Waals surface area contributed by atoms with E-state index in [-0.39, 0.29) is 0 Å². The van der Waals surface area contributed by atoms with E-state index >= 15 is 0 Å². The van der Waals surface area contributed by atoms with Crippen molar-refractivity contribution in [2.75, 3.05) is 7.05 Å². The number of H-pyrrole nitrogens is 1. The summed E-state index contributed by atoms with van der Waals surface area (Å²) < 4.78 is 0. The highest BCUT2D eigenvalue weighted by Gasteiger charge is 2.09. The smallest absolute Gasteiger partial charge is 0.164 e. The maximum atomic E-state index is 4.23. The van der Waals surface area contributed by atoms with Gasteiger partial charge in [0.25, 0.3) is 0 Å². The van der Waals surface area contributed by atoms with Crippen molar-refractivity contribution < 1.29 is 0 Å². The summed E-state index contributed by atoms with van der Waals surface area (Å²) >= 11 is 1.62. The van der Waals surface area contributed by atoms with E-state index in [0.717, 1.165) is 27.8 Å². The molecule has 0 fully saturated rings. The van der Waals surface area contributed by atoms with Crippen LogP contribution in [-0.2, 0) is 6.54 Å². The molecule has 2 N–H and O–H groups in total. The third-order valence-corrected chi connectivity index (χ3v) is 3.86. The fourth-order valence-electron chi connectivity index (χ4n) is 2.01. The van der Waals surface area contributed by atoms with Crippen molar-refractivity contribution in [1.29, 1.82) is 0 Å². The molecule has 0 aliphatic carbocycles. The second-order valence-electron chi connectivity index (χ2n) is 4.25. The van der Waals surface area contributed by atoms with Gasteiger partial charge in [-0.2, -0.15) is 0 Å². The number of rotatable bonds is 3. The molecule has 0 aliphatic heterocycles. The van der Waals surface area contributed by atoms with E-state index < -0.39 is 0 Å². The molecule has 1 aromatic carbocycles. The lowest BCUT2D eigenvalue weighted by Crippen LogP contribution is -2.04. The van der Waals surface area contributed by atoms with Crippen LogP contribution in [0.15, 0.2) is 24.3 Å². The minimum atomic E-state index is 0.761. The van der Waals surface area contributed by atoms with Gasteiger partial charge in [0.1, 0.15) is 5.01 Å². The largest absolute Gasteiger partial charge is 0.353 e. The summed E-state index contributed by atoms with van der Waals surface area (Å²) in [5.41, 5.74) is 3.46. The van der Waals surface area contributed by atoms with Crippen LogP contribution >= 0.6 is 11.3 Å². The molecule has 4 nitrogen and oxygen atoms in total. The molecule has 3 rings (SSSR count). The Kier molecular flexibility index (Phi) is 2.85. The minimum absolute atomic E-state index is 0.761. The summed E-state index contributed by atoms with van der Waals surface area (Å²) in [5.74, 6) is 0. The van der Waals surface area contributed by atoms with E-state index in [1.165, 1.54) is 10.9 Å². The lowest BCUT2D eigenvalue weighted by molar-refractivity contribution is 0.794. The van der Waals surface area contributed by atoms with Gasteiger partial charge in [-0.1, -0.05) is 23.5 Å². The van der Waals surface area contributed by atoms with Gasteiger partial charge >= 0.3 is 0 Å². The molecule has 18 heavy (non-hydrogen) atoms. The van der Waals surface area contributed by atoms with Crippen molar-refractivity contribution >= 4 is 22.2 Å². The van der Waals surface area contributed by atoms with Crippen molar-refractivity contribution in [3.8, 4) is 10.7 Å². The fourth-order valence-corrected chi connectivity index (χ4v) is 2.83. The van der Waals surface area contributed by atoms with Crippen molar-refractivity contribution in [3.05, 3.63) is 34.8 Å². The number of nitrogens with one attached hydrogen (secondary N) is 2. The number of fused-ring (bicyclic) bond motifs is 1. The number of aromatic amines is 1. The Hall–Kier alpha value is -1.72. The Morgan fingerprint density at radius 1 is 1.33 bits per heavy atom. The van der Waals surface area contributed by atoms with Crippen molar-refractivity contribution in [3.63, 3.8) is 0 Å². The van der Waals surface area contributed by atoms with Gasteiger partial charge in [-0.25, -0.2) is 0 Å². The van der Waals surface area contributed by atoms with Crippen LogP contribution in [0.2, 0.25) is 0 Å². The van der Waals surface area contributed by atoms with Gasteiger partial charge in [-0.15, -0.1) is 10.2 Å². The summed E-state index contributed by atoms with van der Waals surface area (Å²) in [6.45, 7) is 2.88. The summed E-state index contributed by atoms with van der Waals surface area (Å²) in [6.07, 6.45) is 0. The first-order valence-corrected chi connectivity index (χ1v) is 6.65. The van der Waals surface area contributed by atoms with Crippen molar-refractivity contribution in [2.45, 2.75) is 13.5 Å². The van der Waals surface area contributed by atoms with Gasteiger partial charge in [0, 0.05) is 17.4 Å². The van der Waals surface area contributed by atoms with E-state index in [2.05, 4.69) is 51.7 Å². The summed E-state index contributed by atoms with van der Waals surface area (Å²) in [5, 5.41) is 14.7. The van der Waals surface area contributed by atoms with Gasteiger partial charge < -0.3 is 10.3 Å². The number of benzene rings is 1. The molecule has 0 aliphatic rings.